The minimum Gasteiger partial charge on any atom is -0.497 e. The van der Waals surface area contributed by atoms with Crippen LogP contribution in [0.1, 0.15) is 45.1 Å². The van der Waals surface area contributed by atoms with Gasteiger partial charge in [-0.1, -0.05) is 26.0 Å². The highest BCUT2D eigenvalue weighted by molar-refractivity contribution is 5.27. The number of methoxy groups -OCH3 is 1. The van der Waals surface area contributed by atoms with E-state index in [1.54, 1.807) is 7.11 Å². The molecule has 100 valence electrons. The van der Waals surface area contributed by atoms with E-state index in [1.807, 2.05) is 12.1 Å². The maximum absolute atomic E-state index is 5.17. The molecule has 0 radical (unpaired) electrons. The van der Waals surface area contributed by atoms with Crippen molar-refractivity contribution in [1.82, 2.24) is 5.32 Å². The highest BCUT2D eigenvalue weighted by atomic mass is 16.5. The summed E-state index contributed by atoms with van der Waals surface area (Å²) in [7, 11) is 1.71. The molecule has 1 fully saturated rings. The Morgan fingerprint density at radius 2 is 1.78 bits per heavy atom. The van der Waals surface area contributed by atoms with Gasteiger partial charge >= 0.3 is 0 Å². The van der Waals surface area contributed by atoms with E-state index >= 15 is 0 Å². The van der Waals surface area contributed by atoms with Gasteiger partial charge in [0.2, 0.25) is 0 Å². The first-order chi connectivity index (χ1) is 8.59. The minimum absolute atomic E-state index is 0.554. The van der Waals surface area contributed by atoms with E-state index in [-0.39, 0.29) is 0 Å². The Hall–Kier alpha value is -1.02. The molecule has 0 saturated heterocycles. The minimum atomic E-state index is 0.554. The molecule has 1 aliphatic carbocycles. The van der Waals surface area contributed by atoms with Gasteiger partial charge in [0.1, 0.15) is 5.75 Å². The molecule has 1 aromatic carbocycles. The Morgan fingerprint density at radius 1 is 1.17 bits per heavy atom. The molecule has 0 aliphatic heterocycles. The predicted molar refractivity (Wildman–Crippen MR) is 75.9 cm³/mol. The van der Waals surface area contributed by atoms with Crippen molar-refractivity contribution in [3.63, 3.8) is 0 Å². The van der Waals surface area contributed by atoms with Crippen molar-refractivity contribution in [2.45, 2.75) is 52.1 Å². The van der Waals surface area contributed by atoms with Gasteiger partial charge in [0.05, 0.1) is 7.11 Å². The standard InChI is InChI=1S/C16H25NO/c1-16(2)10-8-14(9-11-16)17-12-13-4-6-15(18-3)7-5-13/h4-7,14,17H,8-12H2,1-3H3. The van der Waals surface area contributed by atoms with Crippen LogP contribution in [-0.4, -0.2) is 13.2 Å². The third-order valence-corrected chi connectivity index (χ3v) is 4.09. The van der Waals surface area contributed by atoms with Gasteiger partial charge in [-0.3, -0.25) is 0 Å². The number of nitrogens with one attached hydrogen (secondary N) is 1. The summed E-state index contributed by atoms with van der Waals surface area (Å²) in [4.78, 5) is 0. The third-order valence-electron chi connectivity index (χ3n) is 4.09. The first-order valence-electron chi connectivity index (χ1n) is 6.95. The second-order valence-electron chi connectivity index (χ2n) is 6.17. The molecule has 0 aromatic heterocycles. The molecule has 0 heterocycles. The first kappa shape index (κ1) is 13.4. The van der Waals surface area contributed by atoms with Crippen molar-refractivity contribution in [3.8, 4) is 5.75 Å². The molecule has 0 amide bonds. The highest BCUT2D eigenvalue weighted by Gasteiger charge is 2.26. The van der Waals surface area contributed by atoms with Crippen LogP contribution in [0.4, 0.5) is 0 Å². The highest BCUT2D eigenvalue weighted by Crippen LogP contribution is 2.35. The van der Waals surface area contributed by atoms with E-state index in [0.29, 0.717) is 11.5 Å². The molecule has 0 bridgehead atoms. The lowest BCUT2D eigenvalue weighted by atomic mass is 9.75. The molecule has 0 spiro atoms. The topological polar surface area (TPSA) is 21.3 Å². The second kappa shape index (κ2) is 5.75. The van der Waals surface area contributed by atoms with Gasteiger partial charge in [-0.2, -0.15) is 0 Å². The van der Waals surface area contributed by atoms with Gasteiger partial charge in [-0.25, -0.2) is 0 Å². The number of ether oxygens (including phenoxy) is 1. The van der Waals surface area contributed by atoms with Crippen LogP contribution in [0, 0.1) is 5.41 Å². The summed E-state index contributed by atoms with van der Waals surface area (Å²) >= 11 is 0. The quantitative estimate of drug-likeness (QED) is 0.875. The zero-order valence-corrected chi connectivity index (χ0v) is 11.8. The molecule has 2 nitrogen and oxygen atoms in total. The normalized spacial score (nSPS) is 19.7. The van der Waals surface area contributed by atoms with Crippen molar-refractivity contribution in [1.29, 1.82) is 0 Å². The Morgan fingerprint density at radius 3 is 2.33 bits per heavy atom. The molecule has 1 N–H and O–H groups in total. The smallest absolute Gasteiger partial charge is 0.118 e. The summed E-state index contributed by atoms with van der Waals surface area (Å²) in [6.45, 7) is 5.73. The van der Waals surface area contributed by atoms with Crippen LogP contribution in [-0.2, 0) is 6.54 Å². The predicted octanol–water partition coefficient (Wildman–Crippen LogP) is 3.75. The van der Waals surface area contributed by atoms with Gasteiger partial charge < -0.3 is 10.1 Å². The van der Waals surface area contributed by atoms with Gasteiger partial charge in [0, 0.05) is 12.6 Å². The van der Waals surface area contributed by atoms with Crippen LogP contribution in [0.2, 0.25) is 0 Å². The Balaban J connectivity index is 1.78. The Kier molecular flexibility index (Phi) is 4.28. The molecule has 18 heavy (non-hydrogen) atoms. The van der Waals surface area contributed by atoms with Crippen molar-refractivity contribution in [3.05, 3.63) is 29.8 Å². The van der Waals surface area contributed by atoms with E-state index in [1.165, 1.54) is 31.2 Å². The third kappa shape index (κ3) is 3.74. The monoisotopic (exact) mass is 247 g/mol. The Labute approximate surface area is 111 Å². The van der Waals surface area contributed by atoms with E-state index in [4.69, 9.17) is 4.74 Å². The summed E-state index contributed by atoms with van der Waals surface area (Å²) in [6.07, 6.45) is 5.30. The molecule has 1 saturated carbocycles. The molecule has 0 unspecified atom stereocenters. The van der Waals surface area contributed by atoms with Gasteiger partial charge in [0.15, 0.2) is 0 Å². The molecular weight excluding hydrogens is 222 g/mol. The van der Waals surface area contributed by atoms with Crippen LogP contribution in [0.25, 0.3) is 0 Å². The number of rotatable bonds is 4. The van der Waals surface area contributed by atoms with Gasteiger partial charge in [-0.15, -0.1) is 0 Å². The first-order valence-corrected chi connectivity index (χ1v) is 6.95. The Bertz CT molecular complexity index is 359. The number of hydrogen-bond donors (Lipinski definition) is 1. The molecule has 2 heteroatoms. The number of benzene rings is 1. The van der Waals surface area contributed by atoms with Crippen LogP contribution in [0.3, 0.4) is 0 Å². The fraction of sp³-hybridized carbons (Fsp3) is 0.625. The summed E-state index contributed by atoms with van der Waals surface area (Å²) < 4.78 is 5.17. The second-order valence-corrected chi connectivity index (χ2v) is 6.17. The molecular formula is C16H25NO. The van der Waals surface area contributed by atoms with E-state index in [2.05, 4.69) is 31.3 Å². The summed E-state index contributed by atoms with van der Waals surface area (Å²) in [5.74, 6) is 0.929. The molecule has 2 rings (SSSR count). The summed E-state index contributed by atoms with van der Waals surface area (Å²) in [6, 6.07) is 9.03. The van der Waals surface area contributed by atoms with Crippen molar-refractivity contribution in [2.75, 3.05) is 7.11 Å². The largest absolute Gasteiger partial charge is 0.497 e. The van der Waals surface area contributed by atoms with Crippen LogP contribution < -0.4 is 10.1 Å². The lowest BCUT2D eigenvalue weighted by Crippen LogP contribution is -2.35. The molecule has 0 atom stereocenters. The van der Waals surface area contributed by atoms with Crippen molar-refractivity contribution >= 4 is 0 Å². The van der Waals surface area contributed by atoms with Crippen molar-refractivity contribution < 1.29 is 4.74 Å². The average molecular weight is 247 g/mol. The maximum Gasteiger partial charge on any atom is 0.118 e. The molecule has 1 aliphatic rings. The number of hydrogen-bond acceptors (Lipinski definition) is 2. The fourth-order valence-corrected chi connectivity index (χ4v) is 2.61. The van der Waals surface area contributed by atoms with E-state index in [9.17, 15) is 0 Å². The maximum atomic E-state index is 5.17. The van der Waals surface area contributed by atoms with E-state index < -0.39 is 0 Å². The van der Waals surface area contributed by atoms with Gasteiger partial charge in [0.25, 0.3) is 0 Å². The zero-order chi connectivity index (χ0) is 13.0. The van der Waals surface area contributed by atoms with Gasteiger partial charge in [-0.05, 0) is 48.8 Å². The lowest BCUT2D eigenvalue weighted by molar-refractivity contribution is 0.206. The van der Waals surface area contributed by atoms with Crippen LogP contribution in [0.15, 0.2) is 24.3 Å². The lowest BCUT2D eigenvalue weighted by Gasteiger charge is -2.34. The SMILES string of the molecule is COc1ccc(CNC2CCC(C)(C)CC2)cc1. The van der Waals surface area contributed by atoms with E-state index in [0.717, 1.165) is 12.3 Å². The average Bonchev–Trinajstić information content (AvgIpc) is 2.38. The molecule has 1 aromatic rings. The summed E-state index contributed by atoms with van der Waals surface area (Å²) in [5.41, 5.74) is 1.89. The fourth-order valence-electron chi connectivity index (χ4n) is 2.61. The van der Waals surface area contributed by atoms with Crippen LogP contribution >= 0.6 is 0 Å². The zero-order valence-electron chi connectivity index (χ0n) is 11.8. The van der Waals surface area contributed by atoms with Crippen LogP contribution in [0.5, 0.6) is 5.75 Å². The van der Waals surface area contributed by atoms with Crippen molar-refractivity contribution in [2.24, 2.45) is 5.41 Å². The summed E-state index contributed by atoms with van der Waals surface area (Å²) in [5, 5.41) is 3.67.